The van der Waals surface area contributed by atoms with Crippen molar-refractivity contribution in [2.24, 2.45) is 11.8 Å². The molecule has 98 valence electrons. The molecule has 1 aromatic heterocycles. The minimum absolute atomic E-state index is 0.754. The molecule has 0 saturated heterocycles. The van der Waals surface area contributed by atoms with Crippen LogP contribution in [0.1, 0.15) is 36.6 Å². The molecular formula is C16H16BrNS. The standard InChI is InChI=1S/C16H16BrNS/c17-13-3-1-2-12(8-13)15-9-19-16(18-15)14-7-10-4-5-11(14)6-10/h1-3,8-11,14H,4-7H2. The molecule has 2 aliphatic carbocycles. The lowest BCUT2D eigenvalue weighted by molar-refractivity contribution is 0.419. The number of halogens is 1. The molecule has 0 N–H and O–H groups in total. The van der Waals surface area contributed by atoms with Crippen molar-refractivity contribution in [3.8, 4) is 11.3 Å². The fourth-order valence-corrected chi connectivity index (χ4v) is 5.22. The van der Waals surface area contributed by atoms with Crippen LogP contribution >= 0.6 is 27.3 Å². The molecule has 2 aromatic rings. The number of fused-ring (bicyclic) bond motifs is 2. The summed E-state index contributed by atoms with van der Waals surface area (Å²) in [6.45, 7) is 0. The minimum Gasteiger partial charge on any atom is -0.241 e. The van der Waals surface area contributed by atoms with Gasteiger partial charge >= 0.3 is 0 Å². The number of hydrogen-bond acceptors (Lipinski definition) is 2. The average Bonchev–Trinajstić information content (AvgIpc) is 3.14. The Morgan fingerprint density at radius 3 is 2.89 bits per heavy atom. The largest absolute Gasteiger partial charge is 0.241 e. The van der Waals surface area contributed by atoms with Gasteiger partial charge in [0.25, 0.3) is 0 Å². The quantitative estimate of drug-likeness (QED) is 0.709. The smallest absolute Gasteiger partial charge is 0.0966 e. The van der Waals surface area contributed by atoms with Gasteiger partial charge in [-0.05, 0) is 43.2 Å². The molecule has 0 spiro atoms. The van der Waals surface area contributed by atoms with Gasteiger partial charge in [-0.25, -0.2) is 4.98 Å². The van der Waals surface area contributed by atoms with Gasteiger partial charge in [-0.1, -0.05) is 34.5 Å². The highest BCUT2D eigenvalue weighted by molar-refractivity contribution is 9.10. The van der Waals surface area contributed by atoms with E-state index >= 15 is 0 Å². The number of aromatic nitrogens is 1. The van der Waals surface area contributed by atoms with Crippen LogP contribution in [-0.2, 0) is 0 Å². The molecule has 2 bridgehead atoms. The Hall–Kier alpha value is -0.670. The van der Waals surface area contributed by atoms with E-state index in [1.807, 2.05) is 11.3 Å². The molecule has 2 fully saturated rings. The van der Waals surface area contributed by atoms with E-state index in [1.165, 1.54) is 36.3 Å². The molecule has 1 aromatic carbocycles. The Kier molecular flexibility index (Phi) is 3.00. The normalized spacial score (nSPS) is 29.0. The topological polar surface area (TPSA) is 12.9 Å². The predicted molar refractivity (Wildman–Crippen MR) is 83.4 cm³/mol. The molecule has 3 unspecified atom stereocenters. The molecule has 0 amide bonds. The van der Waals surface area contributed by atoms with Crippen LogP contribution in [0.15, 0.2) is 34.1 Å². The van der Waals surface area contributed by atoms with E-state index in [-0.39, 0.29) is 0 Å². The summed E-state index contributed by atoms with van der Waals surface area (Å²) in [6.07, 6.45) is 5.73. The fourth-order valence-electron chi connectivity index (χ4n) is 3.79. The molecule has 3 heteroatoms. The molecule has 2 aliphatic rings. The first kappa shape index (κ1) is 12.1. The summed E-state index contributed by atoms with van der Waals surface area (Å²) in [4.78, 5) is 4.92. The van der Waals surface area contributed by atoms with Crippen molar-refractivity contribution in [3.05, 3.63) is 39.1 Å². The average molecular weight is 334 g/mol. The van der Waals surface area contributed by atoms with Gasteiger partial charge in [-0.2, -0.15) is 0 Å². The maximum absolute atomic E-state index is 4.92. The van der Waals surface area contributed by atoms with Crippen molar-refractivity contribution in [2.75, 3.05) is 0 Å². The van der Waals surface area contributed by atoms with Gasteiger partial charge in [0.2, 0.25) is 0 Å². The molecule has 19 heavy (non-hydrogen) atoms. The lowest BCUT2D eigenvalue weighted by Crippen LogP contribution is -2.07. The van der Waals surface area contributed by atoms with Crippen LogP contribution in [0, 0.1) is 11.8 Å². The molecular weight excluding hydrogens is 318 g/mol. The van der Waals surface area contributed by atoms with E-state index in [0.717, 1.165) is 27.9 Å². The lowest BCUT2D eigenvalue weighted by atomic mass is 9.89. The number of nitrogens with zero attached hydrogens (tertiary/aromatic N) is 1. The molecule has 0 aliphatic heterocycles. The number of rotatable bonds is 2. The number of thiazole rings is 1. The van der Waals surface area contributed by atoms with Crippen LogP contribution < -0.4 is 0 Å². The first-order chi connectivity index (χ1) is 9.29. The van der Waals surface area contributed by atoms with E-state index in [1.54, 1.807) is 0 Å². The molecule has 1 heterocycles. The van der Waals surface area contributed by atoms with Crippen LogP contribution in [-0.4, -0.2) is 4.98 Å². The summed E-state index contributed by atoms with van der Waals surface area (Å²) in [5.41, 5.74) is 2.36. The van der Waals surface area contributed by atoms with Gasteiger partial charge in [0.15, 0.2) is 0 Å². The maximum atomic E-state index is 4.92. The molecule has 3 atom stereocenters. The summed E-state index contributed by atoms with van der Waals surface area (Å²) in [6, 6.07) is 8.44. The predicted octanol–water partition coefficient (Wildman–Crippen LogP) is 5.48. The van der Waals surface area contributed by atoms with E-state index in [0.29, 0.717) is 0 Å². The summed E-state index contributed by atoms with van der Waals surface area (Å²) < 4.78 is 1.12. The second kappa shape index (κ2) is 4.71. The zero-order valence-electron chi connectivity index (χ0n) is 10.7. The molecule has 2 saturated carbocycles. The van der Waals surface area contributed by atoms with Crippen molar-refractivity contribution in [3.63, 3.8) is 0 Å². The molecule has 4 rings (SSSR count). The van der Waals surface area contributed by atoms with Crippen LogP contribution in [0.4, 0.5) is 0 Å². The summed E-state index contributed by atoms with van der Waals surface area (Å²) in [7, 11) is 0. The Labute approximate surface area is 126 Å². The van der Waals surface area contributed by atoms with Crippen molar-refractivity contribution in [1.29, 1.82) is 0 Å². The second-order valence-electron chi connectivity index (χ2n) is 5.86. The van der Waals surface area contributed by atoms with Gasteiger partial charge in [0.1, 0.15) is 0 Å². The summed E-state index contributed by atoms with van der Waals surface area (Å²) in [5, 5.41) is 3.60. The molecule has 0 radical (unpaired) electrons. The van der Waals surface area contributed by atoms with Crippen molar-refractivity contribution >= 4 is 27.3 Å². The lowest BCUT2D eigenvalue weighted by Gasteiger charge is -2.18. The Morgan fingerprint density at radius 1 is 1.21 bits per heavy atom. The van der Waals surface area contributed by atoms with Gasteiger partial charge in [0.05, 0.1) is 10.7 Å². The Morgan fingerprint density at radius 2 is 2.16 bits per heavy atom. The van der Waals surface area contributed by atoms with Gasteiger partial charge < -0.3 is 0 Å². The van der Waals surface area contributed by atoms with Gasteiger partial charge in [-0.15, -0.1) is 11.3 Å². The van der Waals surface area contributed by atoms with Crippen LogP contribution in [0.25, 0.3) is 11.3 Å². The van der Waals surface area contributed by atoms with Crippen LogP contribution in [0.2, 0.25) is 0 Å². The van der Waals surface area contributed by atoms with Crippen LogP contribution in [0.3, 0.4) is 0 Å². The van der Waals surface area contributed by atoms with E-state index < -0.39 is 0 Å². The van der Waals surface area contributed by atoms with E-state index in [9.17, 15) is 0 Å². The van der Waals surface area contributed by atoms with Crippen molar-refractivity contribution < 1.29 is 0 Å². The number of hydrogen-bond donors (Lipinski definition) is 0. The second-order valence-corrected chi connectivity index (χ2v) is 7.67. The Bertz CT molecular complexity index is 606. The zero-order chi connectivity index (χ0) is 12.8. The SMILES string of the molecule is Brc1cccc(-c2csc(C3CC4CCC3C4)n2)c1. The minimum atomic E-state index is 0.754. The van der Waals surface area contributed by atoms with Crippen molar-refractivity contribution in [1.82, 2.24) is 4.98 Å². The van der Waals surface area contributed by atoms with E-state index in [2.05, 4.69) is 45.6 Å². The zero-order valence-corrected chi connectivity index (χ0v) is 13.1. The maximum Gasteiger partial charge on any atom is 0.0966 e. The first-order valence-corrected chi connectivity index (χ1v) is 8.68. The third kappa shape index (κ3) is 2.17. The van der Waals surface area contributed by atoms with Crippen molar-refractivity contribution in [2.45, 2.75) is 31.6 Å². The van der Waals surface area contributed by atoms with E-state index in [4.69, 9.17) is 4.98 Å². The van der Waals surface area contributed by atoms with Crippen LogP contribution in [0.5, 0.6) is 0 Å². The highest BCUT2D eigenvalue weighted by Crippen LogP contribution is 2.53. The highest BCUT2D eigenvalue weighted by atomic mass is 79.9. The highest BCUT2D eigenvalue weighted by Gasteiger charge is 2.41. The summed E-state index contributed by atoms with van der Waals surface area (Å²) in [5.74, 6) is 2.67. The number of benzene rings is 1. The molecule has 1 nitrogen and oxygen atoms in total. The third-order valence-electron chi connectivity index (χ3n) is 4.70. The summed E-state index contributed by atoms with van der Waals surface area (Å²) >= 11 is 5.40. The fraction of sp³-hybridized carbons (Fsp3) is 0.438. The third-order valence-corrected chi connectivity index (χ3v) is 6.17. The van der Waals surface area contributed by atoms with Gasteiger partial charge in [-0.3, -0.25) is 0 Å². The van der Waals surface area contributed by atoms with Gasteiger partial charge in [0, 0.05) is 21.3 Å². The first-order valence-electron chi connectivity index (χ1n) is 7.01. The monoisotopic (exact) mass is 333 g/mol. The Balaban J connectivity index is 1.63.